The average Bonchev–Trinajstić information content (AvgIpc) is 2.57. The van der Waals surface area contributed by atoms with Gasteiger partial charge < -0.3 is 8.85 Å². The van der Waals surface area contributed by atoms with E-state index in [0.717, 1.165) is 36.6 Å². The molecule has 1 unspecified atom stereocenters. The Hall–Kier alpha value is 0.137. The first-order valence-electron chi connectivity index (χ1n) is 10.4. The Balaban J connectivity index is 2.19. The molecule has 2 rings (SSSR count). The van der Waals surface area contributed by atoms with E-state index in [1.165, 1.54) is 57.8 Å². The summed E-state index contributed by atoms with van der Waals surface area (Å²) in [5.74, 6) is 1.51. The molecule has 0 aliphatic heterocycles. The highest BCUT2D eigenvalue weighted by Crippen LogP contribution is 2.50. The number of rotatable bonds is 8. The van der Waals surface area contributed by atoms with Crippen LogP contribution in [0.15, 0.2) is 0 Å². The fourth-order valence-corrected chi connectivity index (χ4v) is 9.73. The molecule has 3 heteroatoms. The Morgan fingerprint density at radius 2 is 1.48 bits per heavy atom. The molecule has 2 aliphatic carbocycles. The second-order valence-corrected chi connectivity index (χ2v) is 12.2. The van der Waals surface area contributed by atoms with E-state index in [2.05, 4.69) is 27.7 Å². The van der Waals surface area contributed by atoms with E-state index >= 15 is 0 Å². The highest BCUT2D eigenvalue weighted by molar-refractivity contribution is 6.70. The van der Waals surface area contributed by atoms with Crippen molar-refractivity contribution < 1.29 is 8.85 Å². The van der Waals surface area contributed by atoms with Crippen molar-refractivity contribution in [2.75, 3.05) is 13.2 Å². The maximum Gasteiger partial charge on any atom is 0.344 e. The summed E-state index contributed by atoms with van der Waals surface area (Å²) in [7, 11) is -2.11. The van der Waals surface area contributed by atoms with E-state index < -0.39 is 8.56 Å². The van der Waals surface area contributed by atoms with Crippen LogP contribution in [-0.4, -0.2) is 21.8 Å². The average molecular weight is 341 g/mol. The molecule has 0 radical (unpaired) electrons. The minimum Gasteiger partial charge on any atom is -0.394 e. The van der Waals surface area contributed by atoms with Crippen molar-refractivity contribution in [2.24, 2.45) is 11.8 Å². The third-order valence-corrected chi connectivity index (χ3v) is 10.6. The molecule has 0 saturated heterocycles. The zero-order valence-corrected chi connectivity index (χ0v) is 17.1. The molecule has 0 heterocycles. The lowest BCUT2D eigenvalue weighted by atomic mass is 9.90. The van der Waals surface area contributed by atoms with Crippen LogP contribution in [0, 0.1) is 11.8 Å². The van der Waals surface area contributed by atoms with Gasteiger partial charge in [0, 0.05) is 24.3 Å². The molecule has 0 bridgehead atoms. The molecule has 0 amide bonds. The third-order valence-electron chi connectivity index (χ3n) is 5.93. The zero-order valence-electron chi connectivity index (χ0n) is 16.1. The SMILES string of the molecule is CCCO[Si](OCC(C)C)(C1CCCCC1)C1CCC(C)CC1. The van der Waals surface area contributed by atoms with Crippen molar-refractivity contribution in [3.05, 3.63) is 0 Å². The topological polar surface area (TPSA) is 18.5 Å². The highest BCUT2D eigenvalue weighted by atomic mass is 28.4. The molecular formula is C20H40O2Si. The fraction of sp³-hybridized carbons (Fsp3) is 1.00. The lowest BCUT2D eigenvalue weighted by Gasteiger charge is -2.46. The van der Waals surface area contributed by atoms with E-state index in [-0.39, 0.29) is 0 Å². The Bertz CT molecular complexity index is 320. The molecule has 2 nitrogen and oxygen atoms in total. The van der Waals surface area contributed by atoms with Gasteiger partial charge in [0.15, 0.2) is 0 Å². The third kappa shape index (κ3) is 5.30. The van der Waals surface area contributed by atoms with Gasteiger partial charge in [0.05, 0.1) is 0 Å². The van der Waals surface area contributed by atoms with Gasteiger partial charge >= 0.3 is 8.56 Å². The van der Waals surface area contributed by atoms with Gasteiger partial charge in [-0.05, 0) is 43.9 Å². The van der Waals surface area contributed by atoms with Gasteiger partial charge in [-0.15, -0.1) is 0 Å². The van der Waals surface area contributed by atoms with E-state index in [0.29, 0.717) is 5.92 Å². The van der Waals surface area contributed by atoms with E-state index in [9.17, 15) is 0 Å². The predicted octanol–water partition coefficient (Wildman–Crippen LogP) is 6.44. The van der Waals surface area contributed by atoms with Gasteiger partial charge in [0.25, 0.3) is 0 Å². The summed E-state index contributed by atoms with van der Waals surface area (Å²) in [6, 6.07) is 0. The number of hydrogen-bond acceptors (Lipinski definition) is 2. The van der Waals surface area contributed by atoms with Crippen LogP contribution in [-0.2, 0) is 8.85 Å². The summed E-state index contributed by atoms with van der Waals surface area (Å²) in [4.78, 5) is 0. The van der Waals surface area contributed by atoms with E-state index in [1.807, 2.05) is 0 Å². The fourth-order valence-electron chi connectivity index (χ4n) is 4.57. The summed E-state index contributed by atoms with van der Waals surface area (Å²) in [6.07, 6.45) is 13.5. The summed E-state index contributed by atoms with van der Waals surface area (Å²) in [6.45, 7) is 11.0. The molecule has 0 spiro atoms. The summed E-state index contributed by atoms with van der Waals surface area (Å²) < 4.78 is 13.6. The standard InChI is InChI=1S/C20H40O2Si/c1-5-15-21-23(22-16-17(2)3,19-9-7-6-8-10-19)20-13-11-18(4)12-14-20/h17-20H,5-16H2,1-4H3. The van der Waals surface area contributed by atoms with Crippen LogP contribution in [0.25, 0.3) is 0 Å². The van der Waals surface area contributed by atoms with Crippen LogP contribution in [0.1, 0.15) is 91.9 Å². The molecular weight excluding hydrogens is 300 g/mol. The highest BCUT2D eigenvalue weighted by Gasteiger charge is 2.52. The molecule has 0 aromatic carbocycles. The summed E-state index contributed by atoms with van der Waals surface area (Å²) >= 11 is 0. The van der Waals surface area contributed by atoms with Crippen LogP contribution in [0.3, 0.4) is 0 Å². The predicted molar refractivity (Wildman–Crippen MR) is 101 cm³/mol. The van der Waals surface area contributed by atoms with Gasteiger partial charge in [0.2, 0.25) is 0 Å². The van der Waals surface area contributed by atoms with Crippen molar-refractivity contribution in [1.29, 1.82) is 0 Å². The Morgan fingerprint density at radius 1 is 0.870 bits per heavy atom. The van der Waals surface area contributed by atoms with Gasteiger partial charge in [-0.2, -0.15) is 0 Å². The van der Waals surface area contributed by atoms with Crippen LogP contribution >= 0.6 is 0 Å². The summed E-state index contributed by atoms with van der Waals surface area (Å²) in [5.41, 5.74) is 1.49. The lowest BCUT2D eigenvalue weighted by molar-refractivity contribution is 0.118. The number of hydrogen-bond donors (Lipinski definition) is 0. The Labute approximate surface area is 146 Å². The largest absolute Gasteiger partial charge is 0.394 e. The normalized spacial score (nSPS) is 29.6. The molecule has 2 aliphatic rings. The van der Waals surface area contributed by atoms with Crippen LogP contribution in [0.2, 0.25) is 11.1 Å². The van der Waals surface area contributed by atoms with Crippen molar-refractivity contribution in [3.63, 3.8) is 0 Å². The molecule has 0 N–H and O–H groups in total. The molecule has 136 valence electrons. The van der Waals surface area contributed by atoms with Gasteiger partial charge in [-0.25, -0.2) is 0 Å². The first kappa shape index (κ1) is 19.5. The first-order chi connectivity index (χ1) is 11.1. The minimum absolute atomic E-state index is 0.609. The van der Waals surface area contributed by atoms with Gasteiger partial charge in [-0.1, -0.05) is 59.8 Å². The van der Waals surface area contributed by atoms with Crippen molar-refractivity contribution in [1.82, 2.24) is 0 Å². The maximum atomic E-state index is 6.82. The second-order valence-electron chi connectivity index (χ2n) is 8.57. The Kier molecular flexibility index (Phi) is 8.10. The van der Waals surface area contributed by atoms with E-state index in [4.69, 9.17) is 8.85 Å². The smallest absolute Gasteiger partial charge is 0.344 e. The van der Waals surface area contributed by atoms with Crippen molar-refractivity contribution in [3.8, 4) is 0 Å². The van der Waals surface area contributed by atoms with E-state index in [1.54, 1.807) is 0 Å². The minimum atomic E-state index is -2.11. The van der Waals surface area contributed by atoms with Crippen LogP contribution < -0.4 is 0 Å². The maximum absolute atomic E-state index is 6.82. The quantitative estimate of drug-likeness (QED) is 0.473. The van der Waals surface area contributed by atoms with Gasteiger partial charge in [-0.3, -0.25) is 0 Å². The van der Waals surface area contributed by atoms with Crippen molar-refractivity contribution in [2.45, 2.75) is 103 Å². The molecule has 1 atom stereocenters. The Morgan fingerprint density at radius 3 is 2.04 bits per heavy atom. The molecule has 2 fully saturated rings. The first-order valence-corrected chi connectivity index (χ1v) is 12.3. The molecule has 0 aromatic rings. The zero-order chi connectivity index (χ0) is 16.7. The lowest BCUT2D eigenvalue weighted by Crippen LogP contribution is -2.53. The van der Waals surface area contributed by atoms with Crippen LogP contribution in [0.4, 0.5) is 0 Å². The van der Waals surface area contributed by atoms with Crippen LogP contribution in [0.5, 0.6) is 0 Å². The molecule has 23 heavy (non-hydrogen) atoms. The summed E-state index contributed by atoms with van der Waals surface area (Å²) in [5, 5.41) is 0. The second kappa shape index (κ2) is 9.58. The van der Waals surface area contributed by atoms with Gasteiger partial charge in [0.1, 0.15) is 0 Å². The van der Waals surface area contributed by atoms with Crippen molar-refractivity contribution >= 4 is 8.56 Å². The molecule has 2 saturated carbocycles. The monoisotopic (exact) mass is 340 g/mol. The molecule has 0 aromatic heterocycles.